The third-order valence-corrected chi connectivity index (χ3v) is 3.12. The summed E-state index contributed by atoms with van der Waals surface area (Å²) >= 11 is 0. The van der Waals surface area contributed by atoms with Crippen LogP contribution in [0.3, 0.4) is 0 Å². The monoisotopic (exact) mass is 323 g/mol. The molecule has 0 aliphatic heterocycles. The lowest BCUT2D eigenvalue weighted by molar-refractivity contribution is 0.112. The molecule has 5 heteroatoms. The van der Waals surface area contributed by atoms with Crippen molar-refractivity contribution in [2.24, 2.45) is 0 Å². The first-order valence-electron chi connectivity index (χ1n) is 7.29. The van der Waals surface area contributed by atoms with E-state index in [1.54, 1.807) is 18.2 Å². The van der Waals surface area contributed by atoms with E-state index in [0.717, 1.165) is 5.56 Å². The lowest BCUT2D eigenvalue weighted by Gasteiger charge is -2.04. The lowest BCUT2D eigenvalue weighted by atomic mass is 10.1. The van der Waals surface area contributed by atoms with Crippen LogP contribution in [0.5, 0.6) is 5.75 Å². The van der Waals surface area contributed by atoms with Crippen LogP contribution >= 0.6 is 0 Å². The molecule has 0 fully saturated rings. The van der Waals surface area contributed by atoms with Crippen molar-refractivity contribution in [1.29, 1.82) is 0 Å². The molecule has 1 N–H and O–H groups in total. The highest BCUT2D eigenvalue weighted by molar-refractivity contribution is 5.80. The van der Waals surface area contributed by atoms with Crippen molar-refractivity contribution in [3.05, 3.63) is 65.2 Å². The molecule has 5 nitrogen and oxygen atoms in total. The molecule has 0 aromatic heterocycles. The second kappa shape index (κ2) is 9.01. The molecular weight excluding hydrogens is 306 g/mol. The van der Waals surface area contributed by atoms with Gasteiger partial charge in [-0.15, -0.1) is 0 Å². The van der Waals surface area contributed by atoms with Gasteiger partial charge in [0.25, 0.3) is 0 Å². The maximum absolute atomic E-state index is 11.5. The highest BCUT2D eigenvalue weighted by Crippen LogP contribution is 2.17. The fourth-order valence-corrected chi connectivity index (χ4v) is 1.94. The Morgan fingerprint density at radius 3 is 2.71 bits per heavy atom. The van der Waals surface area contributed by atoms with Crippen LogP contribution in [0.15, 0.2) is 48.5 Å². The van der Waals surface area contributed by atoms with Crippen LogP contribution in [0.1, 0.15) is 21.5 Å². The number of rotatable bonds is 5. The first kappa shape index (κ1) is 17.1. The van der Waals surface area contributed by atoms with E-state index in [4.69, 9.17) is 9.47 Å². The maximum Gasteiger partial charge on any atom is 0.408 e. The predicted octanol–water partition coefficient (Wildman–Crippen LogP) is 2.79. The molecule has 122 valence electrons. The van der Waals surface area contributed by atoms with E-state index in [1.807, 2.05) is 30.3 Å². The molecule has 0 bridgehead atoms. The topological polar surface area (TPSA) is 64.6 Å². The number of alkyl carbamates (subject to hydrolysis) is 1. The van der Waals surface area contributed by atoms with Crippen molar-refractivity contribution in [2.45, 2.75) is 6.61 Å². The van der Waals surface area contributed by atoms with Gasteiger partial charge in [-0.3, -0.25) is 4.79 Å². The van der Waals surface area contributed by atoms with Gasteiger partial charge in [-0.05, 0) is 23.8 Å². The van der Waals surface area contributed by atoms with Gasteiger partial charge < -0.3 is 14.8 Å². The second-order valence-corrected chi connectivity index (χ2v) is 4.79. The van der Waals surface area contributed by atoms with E-state index in [9.17, 15) is 9.59 Å². The number of nitrogens with one attached hydrogen (secondary N) is 1. The molecule has 0 heterocycles. The molecule has 0 aliphatic rings. The number of aldehydes is 1. The molecule has 1 amide bonds. The summed E-state index contributed by atoms with van der Waals surface area (Å²) in [5.74, 6) is 6.16. The molecule has 0 atom stereocenters. The smallest absolute Gasteiger partial charge is 0.408 e. The van der Waals surface area contributed by atoms with Crippen molar-refractivity contribution in [3.63, 3.8) is 0 Å². The molecule has 0 aliphatic carbocycles. The van der Waals surface area contributed by atoms with Gasteiger partial charge in [0.1, 0.15) is 12.4 Å². The Kier molecular flexibility index (Phi) is 6.42. The number of carbonyl (C=O) groups excluding carboxylic acids is 2. The Balaban J connectivity index is 1.81. The molecule has 2 rings (SSSR count). The van der Waals surface area contributed by atoms with Gasteiger partial charge in [-0.1, -0.05) is 42.2 Å². The van der Waals surface area contributed by atoms with Gasteiger partial charge >= 0.3 is 6.09 Å². The van der Waals surface area contributed by atoms with Crippen molar-refractivity contribution >= 4 is 12.4 Å². The number of amides is 1. The Morgan fingerprint density at radius 2 is 2.00 bits per heavy atom. The van der Waals surface area contributed by atoms with E-state index in [1.165, 1.54) is 7.11 Å². The second-order valence-electron chi connectivity index (χ2n) is 4.79. The molecule has 0 saturated carbocycles. The minimum atomic E-state index is -0.531. The average molecular weight is 323 g/mol. The Bertz CT molecular complexity index is 760. The van der Waals surface area contributed by atoms with Crippen LogP contribution in [-0.4, -0.2) is 26.0 Å². The van der Waals surface area contributed by atoms with Gasteiger partial charge in [-0.2, -0.15) is 0 Å². The molecule has 0 saturated heterocycles. The molecule has 0 radical (unpaired) electrons. The van der Waals surface area contributed by atoms with Gasteiger partial charge in [0.05, 0.1) is 19.2 Å². The zero-order valence-electron chi connectivity index (χ0n) is 13.2. The maximum atomic E-state index is 11.5. The minimum absolute atomic E-state index is 0.149. The van der Waals surface area contributed by atoms with E-state index in [0.29, 0.717) is 23.2 Å². The quantitative estimate of drug-likeness (QED) is 0.679. The number of methoxy groups -OCH3 is 1. The fraction of sp³-hybridized carbons (Fsp3) is 0.158. The number of hydrogen-bond acceptors (Lipinski definition) is 4. The third kappa shape index (κ3) is 5.18. The largest absolute Gasteiger partial charge is 0.496 e. The number of hydrogen-bond donors (Lipinski definition) is 1. The Labute approximate surface area is 140 Å². The number of carbonyl (C=O) groups is 2. The average Bonchev–Trinajstić information content (AvgIpc) is 2.64. The number of ether oxygens (including phenoxy) is 2. The zero-order chi connectivity index (χ0) is 17.2. The first-order valence-corrected chi connectivity index (χ1v) is 7.29. The summed E-state index contributed by atoms with van der Waals surface area (Å²) in [5.41, 5.74) is 2.01. The van der Waals surface area contributed by atoms with E-state index in [-0.39, 0.29) is 13.2 Å². The molecular formula is C19H17NO4. The van der Waals surface area contributed by atoms with Crippen LogP contribution in [0.2, 0.25) is 0 Å². The standard InChI is InChI=1S/C19H17NO4/c1-23-18-10-9-15(12-17(18)13-21)8-5-11-20-19(22)24-14-16-6-3-2-4-7-16/h2-4,6-7,9-10,12-13H,11,14H2,1H3,(H,20,22). The van der Waals surface area contributed by atoms with Crippen molar-refractivity contribution in [2.75, 3.05) is 13.7 Å². The van der Waals surface area contributed by atoms with E-state index < -0.39 is 6.09 Å². The highest BCUT2D eigenvalue weighted by atomic mass is 16.5. The van der Waals surface area contributed by atoms with Crippen LogP contribution in [-0.2, 0) is 11.3 Å². The van der Waals surface area contributed by atoms with Gasteiger partial charge in [0, 0.05) is 5.56 Å². The summed E-state index contributed by atoms with van der Waals surface area (Å²) in [7, 11) is 1.50. The summed E-state index contributed by atoms with van der Waals surface area (Å²) < 4.78 is 10.1. The van der Waals surface area contributed by atoms with Crippen molar-refractivity contribution in [1.82, 2.24) is 5.32 Å². The predicted molar refractivity (Wildman–Crippen MR) is 89.9 cm³/mol. The lowest BCUT2D eigenvalue weighted by Crippen LogP contribution is -2.24. The Morgan fingerprint density at radius 1 is 1.21 bits per heavy atom. The SMILES string of the molecule is COc1ccc(C#CCNC(=O)OCc2ccccc2)cc1C=O. The molecule has 2 aromatic rings. The first-order chi connectivity index (χ1) is 11.7. The minimum Gasteiger partial charge on any atom is -0.496 e. The zero-order valence-corrected chi connectivity index (χ0v) is 13.2. The van der Waals surface area contributed by atoms with Crippen molar-refractivity contribution in [3.8, 4) is 17.6 Å². The highest BCUT2D eigenvalue weighted by Gasteiger charge is 2.02. The summed E-state index contributed by atoms with van der Waals surface area (Å²) in [6, 6.07) is 14.5. The summed E-state index contributed by atoms with van der Waals surface area (Å²) in [5, 5.41) is 2.55. The molecule has 24 heavy (non-hydrogen) atoms. The van der Waals surface area contributed by atoms with Crippen LogP contribution in [0.25, 0.3) is 0 Å². The summed E-state index contributed by atoms with van der Waals surface area (Å²) in [6.45, 7) is 0.358. The summed E-state index contributed by atoms with van der Waals surface area (Å²) in [6.07, 6.45) is 0.180. The van der Waals surface area contributed by atoms with E-state index in [2.05, 4.69) is 17.2 Å². The van der Waals surface area contributed by atoms with Gasteiger partial charge in [0.2, 0.25) is 0 Å². The summed E-state index contributed by atoms with van der Waals surface area (Å²) in [4.78, 5) is 22.5. The number of benzene rings is 2. The van der Waals surface area contributed by atoms with Crippen LogP contribution in [0, 0.1) is 11.8 Å². The van der Waals surface area contributed by atoms with Crippen LogP contribution in [0.4, 0.5) is 4.79 Å². The van der Waals surface area contributed by atoms with Gasteiger partial charge in [0.15, 0.2) is 6.29 Å². The van der Waals surface area contributed by atoms with Crippen molar-refractivity contribution < 1.29 is 19.1 Å². The van der Waals surface area contributed by atoms with Gasteiger partial charge in [-0.25, -0.2) is 4.79 Å². The Hall–Kier alpha value is -3.26. The van der Waals surface area contributed by atoms with E-state index >= 15 is 0 Å². The van der Waals surface area contributed by atoms with Crippen LogP contribution < -0.4 is 10.1 Å². The molecule has 2 aromatic carbocycles. The molecule has 0 unspecified atom stereocenters. The third-order valence-electron chi connectivity index (χ3n) is 3.12. The fourth-order valence-electron chi connectivity index (χ4n) is 1.94. The molecule has 0 spiro atoms. The normalized spacial score (nSPS) is 9.38.